The van der Waals surface area contributed by atoms with Crippen LogP contribution in [-0.4, -0.2) is 40.8 Å². The standard InChI is InChI=1S/C30H41N3O5/c1-18-24(26(28(34)35)38-30(3,4)5)25(22-13-14-23-21(16-22)12-9-15-37-23)19(2)32-27(18)33-29(36)31-17-20-10-7-6-8-11-20/h13-14,16,20,26H,6-12,15,17H2,1-5H3,(H,34,35)(H2,31,32,33,36). The number of carbonyl (C=O) groups is 2. The average molecular weight is 524 g/mol. The summed E-state index contributed by atoms with van der Waals surface area (Å²) in [5, 5.41) is 16.2. The van der Waals surface area contributed by atoms with Crippen LogP contribution in [0.3, 0.4) is 0 Å². The van der Waals surface area contributed by atoms with Gasteiger partial charge in [0.15, 0.2) is 6.10 Å². The maximum absolute atomic E-state index is 12.9. The molecule has 38 heavy (non-hydrogen) atoms. The van der Waals surface area contributed by atoms with Crippen LogP contribution in [0.1, 0.15) is 87.8 Å². The van der Waals surface area contributed by atoms with Gasteiger partial charge < -0.3 is 19.9 Å². The number of benzene rings is 1. The molecule has 1 aromatic heterocycles. The number of carbonyl (C=O) groups excluding carboxylic acids is 1. The maximum atomic E-state index is 12.9. The number of nitrogens with zero attached hydrogens (tertiary/aromatic N) is 1. The van der Waals surface area contributed by atoms with Gasteiger partial charge in [-0.05, 0) is 95.0 Å². The van der Waals surface area contributed by atoms with Crippen molar-refractivity contribution in [3.05, 3.63) is 40.6 Å². The molecule has 1 atom stereocenters. The Morgan fingerprint density at radius 2 is 1.89 bits per heavy atom. The zero-order valence-corrected chi connectivity index (χ0v) is 23.3. The van der Waals surface area contributed by atoms with Gasteiger partial charge in [-0.2, -0.15) is 0 Å². The number of urea groups is 1. The third-order valence-corrected chi connectivity index (χ3v) is 7.33. The minimum atomic E-state index is -1.25. The second-order valence-corrected chi connectivity index (χ2v) is 11.5. The molecule has 8 heteroatoms. The quantitative estimate of drug-likeness (QED) is 0.391. The molecule has 4 rings (SSSR count). The average Bonchev–Trinajstić information content (AvgIpc) is 2.87. The fourth-order valence-electron chi connectivity index (χ4n) is 5.51. The van der Waals surface area contributed by atoms with Gasteiger partial charge >= 0.3 is 12.0 Å². The Morgan fingerprint density at radius 1 is 1.16 bits per heavy atom. The molecule has 1 aromatic carbocycles. The molecule has 1 aliphatic heterocycles. The van der Waals surface area contributed by atoms with Crippen molar-refractivity contribution in [3.8, 4) is 16.9 Å². The van der Waals surface area contributed by atoms with Crippen molar-refractivity contribution in [1.29, 1.82) is 0 Å². The van der Waals surface area contributed by atoms with Crippen molar-refractivity contribution < 1.29 is 24.2 Å². The molecule has 2 amide bonds. The van der Waals surface area contributed by atoms with E-state index in [0.717, 1.165) is 42.6 Å². The summed E-state index contributed by atoms with van der Waals surface area (Å²) in [6.45, 7) is 10.5. The summed E-state index contributed by atoms with van der Waals surface area (Å²) >= 11 is 0. The molecule has 8 nitrogen and oxygen atoms in total. The lowest BCUT2D eigenvalue weighted by Crippen LogP contribution is -2.34. The molecule has 3 N–H and O–H groups in total. The van der Waals surface area contributed by atoms with Crippen molar-refractivity contribution in [3.63, 3.8) is 0 Å². The molecule has 1 unspecified atom stereocenters. The Bertz CT molecular complexity index is 1180. The Hall–Kier alpha value is -3.13. The molecule has 2 aliphatic rings. The minimum Gasteiger partial charge on any atom is -0.493 e. The molecule has 0 saturated heterocycles. The van der Waals surface area contributed by atoms with Gasteiger partial charge in [-0.3, -0.25) is 5.32 Å². The van der Waals surface area contributed by atoms with E-state index in [-0.39, 0.29) is 6.03 Å². The third-order valence-electron chi connectivity index (χ3n) is 7.33. The van der Waals surface area contributed by atoms with Gasteiger partial charge in [-0.1, -0.05) is 25.3 Å². The number of hydrogen-bond donors (Lipinski definition) is 3. The molecular formula is C30H41N3O5. The summed E-state index contributed by atoms with van der Waals surface area (Å²) in [5.41, 5.74) is 3.63. The number of carboxylic acids is 1. The number of rotatable bonds is 7. The highest BCUT2D eigenvalue weighted by Gasteiger charge is 2.33. The SMILES string of the molecule is Cc1nc(NC(=O)NCC2CCCCC2)c(C)c(C(OC(C)(C)C)C(=O)O)c1-c1ccc2c(c1)CCCO2. The number of nitrogens with one attached hydrogen (secondary N) is 2. The number of ether oxygens (including phenoxy) is 2. The normalized spacial score (nSPS) is 16.8. The maximum Gasteiger partial charge on any atom is 0.337 e. The van der Waals surface area contributed by atoms with Crippen molar-refractivity contribution >= 4 is 17.8 Å². The van der Waals surface area contributed by atoms with E-state index in [1.807, 2.05) is 39.8 Å². The Morgan fingerprint density at radius 3 is 2.58 bits per heavy atom. The van der Waals surface area contributed by atoms with Gasteiger partial charge in [0.1, 0.15) is 11.6 Å². The van der Waals surface area contributed by atoms with Crippen molar-refractivity contribution in [2.24, 2.45) is 5.92 Å². The topological polar surface area (TPSA) is 110 Å². The first-order valence-corrected chi connectivity index (χ1v) is 13.8. The summed E-state index contributed by atoms with van der Waals surface area (Å²) in [7, 11) is 0. The number of fused-ring (bicyclic) bond motifs is 1. The molecule has 2 heterocycles. The Kier molecular flexibility index (Phi) is 8.61. The fraction of sp³-hybridized carbons (Fsp3) is 0.567. The highest BCUT2D eigenvalue weighted by Crippen LogP contribution is 2.41. The molecular weight excluding hydrogens is 482 g/mol. The molecule has 0 bridgehead atoms. The fourth-order valence-corrected chi connectivity index (χ4v) is 5.51. The van der Waals surface area contributed by atoms with Crippen LogP contribution in [0, 0.1) is 19.8 Å². The number of aryl methyl sites for hydroxylation is 2. The van der Waals surface area contributed by atoms with E-state index in [1.165, 1.54) is 19.3 Å². The molecule has 1 aliphatic carbocycles. The van der Waals surface area contributed by atoms with Gasteiger partial charge in [0, 0.05) is 23.4 Å². The number of aromatic nitrogens is 1. The molecule has 0 radical (unpaired) electrons. The summed E-state index contributed by atoms with van der Waals surface area (Å²) in [5.74, 6) is 0.599. The van der Waals surface area contributed by atoms with E-state index in [0.29, 0.717) is 47.3 Å². The molecule has 2 aromatic rings. The lowest BCUT2D eigenvalue weighted by Gasteiger charge is -2.29. The van der Waals surface area contributed by atoms with E-state index >= 15 is 0 Å². The number of aliphatic carboxylic acids is 1. The first-order valence-electron chi connectivity index (χ1n) is 13.8. The summed E-state index contributed by atoms with van der Waals surface area (Å²) < 4.78 is 11.9. The van der Waals surface area contributed by atoms with Crippen molar-refractivity contribution in [2.45, 2.75) is 91.3 Å². The summed E-state index contributed by atoms with van der Waals surface area (Å²) in [4.78, 5) is 30.2. The van der Waals surface area contributed by atoms with Crippen LogP contribution in [0.15, 0.2) is 18.2 Å². The van der Waals surface area contributed by atoms with E-state index in [2.05, 4.69) is 16.7 Å². The lowest BCUT2D eigenvalue weighted by atomic mass is 9.89. The van der Waals surface area contributed by atoms with Crippen molar-refractivity contribution in [1.82, 2.24) is 10.3 Å². The predicted molar refractivity (Wildman–Crippen MR) is 148 cm³/mol. The number of anilines is 1. The third kappa shape index (κ3) is 6.65. The largest absolute Gasteiger partial charge is 0.493 e. The highest BCUT2D eigenvalue weighted by atomic mass is 16.5. The van der Waals surface area contributed by atoms with Gasteiger partial charge in [0.05, 0.1) is 12.2 Å². The number of pyridine rings is 1. The first-order chi connectivity index (χ1) is 18.0. The van der Waals surface area contributed by atoms with Gasteiger partial charge in [0.25, 0.3) is 0 Å². The van der Waals surface area contributed by atoms with Crippen LogP contribution in [0.4, 0.5) is 10.6 Å². The van der Waals surface area contributed by atoms with E-state index in [9.17, 15) is 14.7 Å². The Balaban J connectivity index is 1.73. The monoisotopic (exact) mass is 523 g/mol. The smallest absolute Gasteiger partial charge is 0.337 e. The zero-order valence-electron chi connectivity index (χ0n) is 23.3. The van der Waals surface area contributed by atoms with Gasteiger partial charge in [-0.25, -0.2) is 14.6 Å². The second-order valence-electron chi connectivity index (χ2n) is 11.5. The lowest BCUT2D eigenvalue weighted by molar-refractivity contribution is -0.160. The molecule has 1 fully saturated rings. The minimum absolute atomic E-state index is 0.334. The Labute approximate surface area is 225 Å². The van der Waals surface area contributed by atoms with Crippen LogP contribution in [0.25, 0.3) is 11.1 Å². The van der Waals surface area contributed by atoms with Crippen LogP contribution in [-0.2, 0) is 16.0 Å². The number of amides is 2. The second kappa shape index (κ2) is 11.7. The van der Waals surface area contributed by atoms with Crippen LogP contribution >= 0.6 is 0 Å². The van der Waals surface area contributed by atoms with Gasteiger partial charge in [0.2, 0.25) is 0 Å². The van der Waals surface area contributed by atoms with Crippen LogP contribution < -0.4 is 15.4 Å². The van der Waals surface area contributed by atoms with E-state index in [1.54, 1.807) is 6.92 Å². The van der Waals surface area contributed by atoms with E-state index < -0.39 is 17.7 Å². The number of hydrogen-bond acceptors (Lipinski definition) is 5. The van der Waals surface area contributed by atoms with Crippen LogP contribution in [0.5, 0.6) is 5.75 Å². The van der Waals surface area contributed by atoms with Crippen molar-refractivity contribution in [2.75, 3.05) is 18.5 Å². The summed E-state index contributed by atoms with van der Waals surface area (Å²) in [6, 6.07) is 5.60. The van der Waals surface area contributed by atoms with Gasteiger partial charge in [-0.15, -0.1) is 0 Å². The molecule has 206 valence electrons. The van der Waals surface area contributed by atoms with Crippen LogP contribution in [0.2, 0.25) is 0 Å². The zero-order chi connectivity index (χ0) is 27.4. The molecule has 1 saturated carbocycles. The highest BCUT2D eigenvalue weighted by molar-refractivity contribution is 5.91. The predicted octanol–water partition coefficient (Wildman–Crippen LogP) is 6.33. The number of carboxylic acid groups (broad SMARTS) is 1. The molecule has 0 spiro atoms. The van der Waals surface area contributed by atoms with E-state index in [4.69, 9.17) is 14.5 Å². The first kappa shape index (κ1) is 27.9. The summed E-state index contributed by atoms with van der Waals surface area (Å²) in [6.07, 6.45) is 6.52.